The average molecular weight is 595 g/mol. The number of primary amides is 1. The third-order valence-corrected chi connectivity index (χ3v) is 8.89. The van der Waals surface area contributed by atoms with Gasteiger partial charge in [0.2, 0.25) is 11.6 Å². The highest BCUT2D eigenvalue weighted by Gasteiger charge is 2.65. The molecule has 6 rings (SSSR count). The van der Waals surface area contributed by atoms with Crippen LogP contribution < -0.4 is 10.5 Å². The highest BCUT2D eigenvalue weighted by atomic mass is 16.5. The van der Waals surface area contributed by atoms with Crippen molar-refractivity contribution in [3.63, 3.8) is 0 Å². The van der Waals surface area contributed by atoms with E-state index in [1.807, 2.05) is 72.8 Å². The summed E-state index contributed by atoms with van der Waals surface area (Å²) in [5, 5.41) is 23.7. The number of benzene rings is 3. The zero-order valence-electron chi connectivity index (χ0n) is 24.5. The van der Waals surface area contributed by atoms with Crippen molar-refractivity contribution in [3.05, 3.63) is 118 Å². The van der Waals surface area contributed by atoms with Crippen molar-refractivity contribution in [2.45, 2.75) is 37.7 Å². The van der Waals surface area contributed by atoms with E-state index in [-0.39, 0.29) is 36.7 Å². The van der Waals surface area contributed by atoms with Crippen LogP contribution >= 0.6 is 0 Å². The molecule has 3 aliphatic carbocycles. The molecule has 1 amide bonds. The smallest absolute Gasteiger partial charge is 0.255 e. The third-order valence-electron chi connectivity index (χ3n) is 8.89. The molecule has 4 atom stereocenters. The van der Waals surface area contributed by atoms with Crippen LogP contribution in [0.15, 0.2) is 95.8 Å². The maximum atomic E-state index is 14.3. The fourth-order valence-electron chi connectivity index (χ4n) is 6.89. The monoisotopic (exact) mass is 594 g/mol. The minimum atomic E-state index is -2.63. The van der Waals surface area contributed by atoms with Crippen molar-refractivity contribution in [2.24, 2.45) is 17.6 Å². The Balaban J connectivity index is 1.41. The number of fused-ring (bicyclic) bond motifs is 3. The number of aliphatic hydroxyl groups excluding tert-OH is 1. The maximum Gasteiger partial charge on any atom is 0.255 e. The van der Waals surface area contributed by atoms with Gasteiger partial charge in [-0.1, -0.05) is 72.8 Å². The molecule has 3 aromatic rings. The van der Waals surface area contributed by atoms with Crippen LogP contribution in [0.1, 0.15) is 28.7 Å². The Morgan fingerprint density at radius 3 is 2.11 bits per heavy atom. The van der Waals surface area contributed by atoms with E-state index in [4.69, 9.17) is 15.2 Å². The Kier molecular flexibility index (Phi) is 7.61. The van der Waals surface area contributed by atoms with Crippen LogP contribution in [0.4, 0.5) is 0 Å². The fraction of sp³-hybridized carbons (Fsp3) is 0.286. The van der Waals surface area contributed by atoms with Crippen LogP contribution in [0.3, 0.4) is 0 Å². The number of amides is 1. The summed E-state index contributed by atoms with van der Waals surface area (Å²) in [4.78, 5) is 42.8. The molecule has 1 fully saturated rings. The van der Waals surface area contributed by atoms with Crippen LogP contribution in [-0.2, 0) is 38.8 Å². The molecule has 3 aliphatic rings. The lowest BCUT2D eigenvalue weighted by Gasteiger charge is -2.50. The van der Waals surface area contributed by atoms with Gasteiger partial charge in [-0.3, -0.25) is 19.3 Å². The van der Waals surface area contributed by atoms with E-state index in [0.29, 0.717) is 17.7 Å². The van der Waals surface area contributed by atoms with E-state index in [1.165, 1.54) is 0 Å². The lowest BCUT2D eigenvalue weighted by Crippen LogP contribution is -2.67. The Labute approximate surface area is 255 Å². The van der Waals surface area contributed by atoms with Crippen LogP contribution in [-0.4, -0.2) is 58.3 Å². The summed E-state index contributed by atoms with van der Waals surface area (Å²) in [6.45, 7) is 0.295. The number of aliphatic hydroxyl groups is 2. The van der Waals surface area contributed by atoms with Crippen molar-refractivity contribution >= 4 is 23.2 Å². The van der Waals surface area contributed by atoms with Crippen molar-refractivity contribution < 1.29 is 34.1 Å². The number of nitrogens with two attached hydrogens (primary N) is 1. The average Bonchev–Trinajstić information content (AvgIpc) is 3.01. The first kappa shape index (κ1) is 29.3. The van der Waals surface area contributed by atoms with Crippen molar-refractivity contribution in [2.75, 3.05) is 14.1 Å². The Bertz CT molecular complexity index is 1700. The maximum absolute atomic E-state index is 14.3. The molecule has 0 heterocycles. The number of hydrogen-bond acceptors (Lipinski definition) is 8. The molecule has 44 heavy (non-hydrogen) atoms. The van der Waals surface area contributed by atoms with Crippen molar-refractivity contribution in [1.82, 2.24) is 4.90 Å². The first-order valence-electron chi connectivity index (χ1n) is 14.5. The van der Waals surface area contributed by atoms with Crippen LogP contribution in [0.5, 0.6) is 5.75 Å². The van der Waals surface area contributed by atoms with Gasteiger partial charge in [0.1, 0.15) is 36.1 Å². The second-order valence-corrected chi connectivity index (χ2v) is 11.8. The Hall–Kier alpha value is -4.73. The molecule has 4 N–H and O–H groups in total. The van der Waals surface area contributed by atoms with Gasteiger partial charge < -0.3 is 25.4 Å². The van der Waals surface area contributed by atoms with Gasteiger partial charge in [0.05, 0.1) is 11.6 Å². The van der Waals surface area contributed by atoms with E-state index in [0.717, 1.165) is 16.7 Å². The topological polar surface area (TPSA) is 139 Å². The molecule has 0 aromatic heterocycles. The standard InChI is InChI=1S/C35H34N2O7/c1-37(2)29-24-17-23-16-22-14-9-15-25(43-18-20-10-5-3-6-11-20)26(22)30(38)27(23)32(39)35(24,42)33(40)28(34(36)41)31(29)44-19-21-12-7-4-8-13-21/h3-15,23-24,29,38,42H,16-19H2,1-2H3,(H2,36,41)/t23-,24-,29-,35-/m0/s1. The van der Waals surface area contributed by atoms with Gasteiger partial charge in [-0.2, -0.15) is 0 Å². The molecule has 9 nitrogen and oxygen atoms in total. The van der Waals surface area contributed by atoms with Crippen LogP contribution in [0, 0.1) is 11.8 Å². The summed E-state index contributed by atoms with van der Waals surface area (Å²) >= 11 is 0. The van der Waals surface area contributed by atoms with Gasteiger partial charge in [0, 0.05) is 11.5 Å². The number of ether oxygens (including phenoxy) is 2. The van der Waals surface area contributed by atoms with Gasteiger partial charge in [-0.05, 0) is 55.6 Å². The molecule has 0 spiro atoms. The van der Waals surface area contributed by atoms with Gasteiger partial charge in [-0.15, -0.1) is 0 Å². The number of ketones is 2. The quantitative estimate of drug-likeness (QED) is 0.266. The molecule has 226 valence electrons. The van der Waals surface area contributed by atoms with E-state index in [2.05, 4.69) is 0 Å². The molecule has 0 radical (unpaired) electrons. The van der Waals surface area contributed by atoms with Crippen LogP contribution in [0.2, 0.25) is 0 Å². The highest BCUT2D eigenvalue weighted by molar-refractivity contribution is 6.33. The van der Waals surface area contributed by atoms with E-state index in [9.17, 15) is 24.6 Å². The number of Topliss-reactive ketones (excluding diaryl/α,β-unsaturated/α-hetero) is 2. The number of carbonyl (C=O) groups excluding carboxylic acids is 3. The van der Waals surface area contributed by atoms with Gasteiger partial charge in [-0.25, -0.2) is 0 Å². The summed E-state index contributed by atoms with van der Waals surface area (Å²) < 4.78 is 12.2. The number of likely N-dealkylation sites (N-methyl/N-ethyl adjacent to an activating group) is 1. The summed E-state index contributed by atoms with van der Waals surface area (Å²) in [6, 6.07) is 23.4. The molecule has 0 unspecified atom stereocenters. The lowest BCUT2D eigenvalue weighted by atomic mass is 9.57. The number of nitrogens with zero attached hydrogens (tertiary/aromatic N) is 1. The second-order valence-electron chi connectivity index (χ2n) is 11.8. The first-order chi connectivity index (χ1) is 21.1. The SMILES string of the molecule is CN(C)[C@@H]1C(OCc2ccccc2)=C(C(N)=O)C(=O)[C@@]2(O)C(=O)C3=C(O)c4c(cccc4OCc4ccccc4)C[C@H]3C[C@@H]12. The normalized spacial score (nSPS) is 24.5. The second kappa shape index (κ2) is 11.4. The van der Waals surface area contributed by atoms with Gasteiger partial charge >= 0.3 is 0 Å². The minimum absolute atomic E-state index is 0.0308. The Morgan fingerprint density at radius 1 is 0.909 bits per heavy atom. The largest absolute Gasteiger partial charge is 0.507 e. The summed E-state index contributed by atoms with van der Waals surface area (Å²) in [5.41, 5.74) is 5.37. The molecule has 0 saturated heterocycles. The van der Waals surface area contributed by atoms with E-state index in [1.54, 1.807) is 25.1 Å². The number of rotatable bonds is 8. The van der Waals surface area contributed by atoms with Crippen LogP contribution in [0.25, 0.3) is 5.76 Å². The van der Waals surface area contributed by atoms with Gasteiger partial charge in [0.25, 0.3) is 5.91 Å². The zero-order chi connectivity index (χ0) is 31.2. The summed E-state index contributed by atoms with van der Waals surface area (Å²) in [5.74, 6) is -4.53. The molecular weight excluding hydrogens is 560 g/mol. The van der Waals surface area contributed by atoms with E-state index < -0.39 is 46.5 Å². The molecule has 0 aliphatic heterocycles. The molecule has 3 aromatic carbocycles. The number of hydrogen-bond donors (Lipinski definition) is 3. The summed E-state index contributed by atoms with van der Waals surface area (Å²) in [6.07, 6.45) is 0.561. The van der Waals surface area contributed by atoms with E-state index >= 15 is 0 Å². The van der Waals surface area contributed by atoms with Gasteiger partial charge in [0.15, 0.2) is 5.60 Å². The summed E-state index contributed by atoms with van der Waals surface area (Å²) in [7, 11) is 3.45. The van der Waals surface area contributed by atoms with Crippen molar-refractivity contribution in [1.29, 1.82) is 0 Å². The van der Waals surface area contributed by atoms with Crippen molar-refractivity contribution in [3.8, 4) is 5.75 Å². The highest BCUT2D eigenvalue weighted by Crippen LogP contribution is 2.52. The minimum Gasteiger partial charge on any atom is -0.507 e. The predicted octanol–water partition coefficient (Wildman–Crippen LogP) is 3.50. The lowest BCUT2D eigenvalue weighted by molar-refractivity contribution is -0.162. The molecular formula is C35H34N2O7. The molecule has 9 heteroatoms. The molecule has 0 bridgehead atoms. The third kappa shape index (κ3) is 4.78. The predicted molar refractivity (Wildman–Crippen MR) is 162 cm³/mol. The fourth-order valence-corrected chi connectivity index (χ4v) is 6.89. The first-order valence-corrected chi connectivity index (χ1v) is 14.5. The Morgan fingerprint density at radius 2 is 1.52 bits per heavy atom. The molecule has 1 saturated carbocycles. The zero-order valence-corrected chi connectivity index (χ0v) is 24.5. The number of carbonyl (C=O) groups is 3.